The standard InChI is InChI=1S/C36H25Cl/c37-31-23-21-26(22-24-31)25-32-33(27-13-5-1-6-14-27)35(29-17-9-3-10-18-29)36(30-19-11-4-12-20-30)34(32)28-15-7-2-8-16-28/h1-25H. The molecule has 5 aromatic rings. The lowest BCUT2D eigenvalue weighted by atomic mass is 9.89. The van der Waals surface area contributed by atoms with Gasteiger partial charge < -0.3 is 0 Å². The maximum absolute atomic E-state index is 6.24. The van der Waals surface area contributed by atoms with Crippen molar-refractivity contribution in [1.29, 1.82) is 0 Å². The lowest BCUT2D eigenvalue weighted by molar-refractivity contribution is 1.57. The second kappa shape index (κ2) is 10.3. The first-order valence-electron chi connectivity index (χ1n) is 12.5. The van der Waals surface area contributed by atoms with E-state index in [1.54, 1.807) is 0 Å². The van der Waals surface area contributed by atoms with Gasteiger partial charge in [0.1, 0.15) is 0 Å². The Labute approximate surface area is 223 Å². The smallest absolute Gasteiger partial charge is 0.0406 e. The minimum Gasteiger partial charge on any atom is -0.0843 e. The quantitative estimate of drug-likeness (QED) is 0.229. The third-order valence-electron chi connectivity index (χ3n) is 6.72. The summed E-state index contributed by atoms with van der Waals surface area (Å²) < 4.78 is 0. The van der Waals surface area contributed by atoms with E-state index in [9.17, 15) is 0 Å². The Morgan fingerprint density at radius 3 is 1.03 bits per heavy atom. The van der Waals surface area contributed by atoms with Crippen LogP contribution in [0.3, 0.4) is 0 Å². The second-order valence-electron chi connectivity index (χ2n) is 9.07. The summed E-state index contributed by atoms with van der Waals surface area (Å²) in [6, 6.07) is 51.1. The fraction of sp³-hybridized carbons (Fsp3) is 0. The van der Waals surface area contributed by atoms with E-state index in [4.69, 9.17) is 11.6 Å². The van der Waals surface area contributed by atoms with Gasteiger partial charge in [0, 0.05) is 5.02 Å². The number of halogens is 1. The summed E-state index contributed by atoms with van der Waals surface area (Å²) in [7, 11) is 0. The molecule has 0 atom stereocenters. The molecule has 37 heavy (non-hydrogen) atoms. The first-order chi connectivity index (χ1) is 18.3. The minimum absolute atomic E-state index is 0.737. The summed E-state index contributed by atoms with van der Waals surface area (Å²) in [6.07, 6.45) is 2.31. The Bertz CT molecular complexity index is 1510. The van der Waals surface area contributed by atoms with Crippen LogP contribution < -0.4 is 0 Å². The number of benzene rings is 5. The molecule has 1 aliphatic carbocycles. The van der Waals surface area contributed by atoms with E-state index < -0.39 is 0 Å². The van der Waals surface area contributed by atoms with Crippen LogP contribution >= 0.6 is 11.6 Å². The predicted octanol–water partition coefficient (Wildman–Crippen LogP) is 9.96. The van der Waals surface area contributed by atoms with Crippen LogP contribution in [0.1, 0.15) is 27.8 Å². The van der Waals surface area contributed by atoms with E-state index in [1.807, 2.05) is 12.1 Å². The van der Waals surface area contributed by atoms with Crippen molar-refractivity contribution in [1.82, 2.24) is 0 Å². The molecule has 0 saturated carbocycles. The Morgan fingerprint density at radius 2 is 0.676 bits per heavy atom. The highest BCUT2D eigenvalue weighted by atomic mass is 35.5. The molecule has 5 aromatic carbocycles. The van der Waals surface area contributed by atoms with E-state index in [0.29, 0.717) is 0 Å². The average molecular weight is 493 g/mol. The summed E-state index contributed by atoms with van der Waals surface area (Å²) >= 11 is 6.24. The molecule has 0 bridgehead atoms. The SMILES string of the molecule is Clc1ccc(C=C2C(c3ccccc3)=C(c3ccccc3)C(c3ccccc3)=C2c2ccccc2)cc1. The summed E-state index contributed by atoms with van der Waals surface area (Å²) in [4.78, 5) is 0. The average Bonchev–Trinajstić information content (AvgIpc) is 3.31. The molecule has 0 nitrogen and oxygen atoms in total. The van der Waals surface area contributed by atoms with Gasteiger partial charge in [0.25, 0.3) is 0 Å². The molecule has 0 aliphatic heterocycles. The van der Waals surface area contributed by atoms with Crippen molar-refractivity contribution < 1.29 is 0 Å². The Kier molecular flexibility index (Phi) is 6.42. The number of hydrogen-bond donors (Lipinski definition) is 0. The molecule has 0 amide bonds. The molecule has 0 aromatic heterocycles. The third kappa shape index (κ3) is 4.60. The van der Waals surface area contributed by atoms with Gasteiger partial charge in [-0.05, 0) is 73.9 Å². The molecule has 1 heteroatoms. The van der Waals surface area contributed by atoms with Crippen molar-refractivity contribution >= 4 is 40.0 Å². The van der Waals surface area contributed by atoms with Crippen LogP contribution in [0.4, 0.5) is 0 Å². The molecule has 0 fully saturated rings. The van der Waals surface area contributed by atoms with Gasteiger partial charge in [-0.3, -0.25) is 0 Å². The third-order valence-corrected chi connectivity index (χ3v) is 6.97. The van der Waals surface area contributed by atoms with Gasteiger partial charge in [-0.1, -0.05) is 145 Å². The van der Waals surface area contributed by atoms with Crippen molar-refractivity contribution in [3.8, 4) is 0 Å². The lowest BCUT2D eigenvalue weighted by Crippen LogP contribution is -1.92. The number of allylic oxidation sites excluding steroid dienone is 5. The van der Waals surface area contributed by atoms with Crippen molar-refractivity contribution in [3.63, 3.8) is 0 Å². The molecular formula is C36H25Cl. The zero-order valence-corrected chi connectivity index (χ0v) is 21.1. The summed E-state index contributed by atoms with van der Waals surface area (Å²) in [5, 5.41) is 0.737. The normalized spacial score (nSPS) is 13.3. The van der Waals surface area contributed by atoms with Crippen molar-refractivity contribution in [2.45, 2.75) is 0 Å². The van der Waals surface area contributed by atoms with Crippen LogP contribution in [-0.4, -0.2) is 0 Å². The monoisotopic (exact) mass is 492 g/mol. The van der Waals surface area contributed by atoms with Gasteiger partial charge in [-0.2, -0.15) is 0 Å². The van der Waals surface area contributed by atoms with Crippen LogP contribution in [0.25, 0.3) is 28.4 Å². The van der Waals surface area contributed by atoms with Crippen LogP contribution in [-0.2, 0) is 0 Å². The summed E-state index contributed by atoms with van der Waals surface area (Å²) in [5.41, 5.74) is 12.1. The topological polar surface area (TPSA) is 0 Å². The maximum atomic E-state index is 6.24. The lowest BCUT2D eigenvalue weighted by Gasteiger charge is -2.14. The van der Waals surface area contributed by atoms with Gasteiger partial charge in [-0.25, -0.2) is 0 Å². The molecule has 0 spiro atoms. The fourth-order valence-electron chi connectivity index (χ4n) is 5.11. The molecule has 0 radical (unpaired) electrons. The van der Waals surface area contributed by atoms with Gasteiger partial charge in [-0.15, -0.1) is 0 Å². The number of rotatable bonds is 5. The zero-order chi connectivity index (χ0) is 25.0. The fourth-order valence-corrected chi connectivity index (χ4v) is 5.24. The van der Waals surface area contributed by atoms with E-state index in [0.717, 1.165) is 10.6 Å². The van der Waals surface area contributed by atoms with Crippen LogP contribution in [0.2, 0.25) is 5.02 Å². The molecule has 176 valence electrons. The second-order valence-corrected chi connectivity index (χ2v) is 9.51. The molecule has 0 saturated heterocycles. The minimum atomic E-state index is 0.737. The molecular weight excluding hydrogens is 468 g/mol. The Hall–Kier alpha value is -4.39. The Morgan fingerprint density at radius 1 is 0.351 bits per heavy atom. The summed E-state index contributed by atoms with van der Waals surface area (Å²) in [5.74, 6) is 0. The van der Waals surface area contributed by atoms with E-state index >= 15 is 0 Å². The molecule has 0 N–H and O–H groups in total. The van der Waals surface area contributed by atoms with Gasteiger partial charge in [0.2, 0.25) is 0 Å². The van der Waals surface area contributed by atoms with Crippen LogP contribution in [0.15, 0.2) is 151 Å². The highest BCUT2D eigenvalue weighted by Crippen LogP contribution is 2.55. The first kappa shape index (κ1) is 23.0. The highest BCUT2D eigenvalue weighted by Gasteiger charge is 2.32. The predicted molar refractivity (Wildman–Crippen MR) is 159 cm³/mol. The molecule has 0 heterocycles. The molecule has 1 aliphatic rings. The van der Waals surface area contributed by atoms with E-state index in [1.165, 1.54) is 50.1 Å². The maximum Gasteiger partial charge on any atom is 0.0406 e. The van der Waals surface area contributed by atoms with Crippen molar-refractivity contribution in [2.24, 2.45) is 0 Å². The van der Waals surface area contributed by atoms with Crippen LogP contribution in [0.5, 0.6) is 0 Å². The highest BCUT2D eigenvalue weighted by molar-refractivity contribution is 6.35. The van der Waals surface area contributed by atoms with Gasteiger partial charge in [0.15, 0.2) is 0 Å². The number of hydrogen-bond acceptors (Lipinski definition) is 0. The largest absolute Gasteiger partial charge is 0.0843 e. The molecule has 6 rings (SSSR count). The molecule has 0 unspecified atom stereocenters. The zero-order valence-electron chi connectivity index (χ0n) is 20.3. The van der Waals surface area contributed by atoms with Crippen molar-refractivity contribution in [3.05, 3.63) is 184 Å². The van der Waals surface area contributed by atoms with Crippen LogP contribution in [0, 0.1) is 0 Å². The summed E-state index contributed by atoms with van der Waals surface area (Å²) in [6.45, 7) is 0. The van der Waals surface area contributed by atoms with Gasteiger partial charge >= 0.3 is 0 Å². The van der Waals surface area contributed by atoms with Gasteiger partial charge in [0.05, 0.1) is 0 Å². The first-order valence-corrected chi connectivity index (χ1v) is 12.9. The van der Waals surface area contributed by atoms with E-state index in [2.05, 4.69) is 140 Å². The van der Waals surface area contributed by atoms with Crippen molar-refractivity contribution in [2.75, 3.05) is 0 Å². The Balaban J connectivity index is 1.76. The van der Waals surface area contributed by atoms with E-state index in [-0.39, 0.29) is 0 Å².